The molecule has 0 fully saturated rings. The van der Waals surface area contributed by atoms with Gasteiger partial charge in [-0.3, -0.25) is 0 Å². The second-order valence-electron chi connectivity index (χ2n) is 2.50. The first-order valence-corrected chi connectivity index (χ1v) is 4.00. The molecule has 1 aromatic carbocycles. The Balaban J connectivity index is 2.46. The van der Waals surface area contributed by atoms with Gasteiger partial charge in [0.2, 0.25) is 0 Å². The van der Waals surface area contributed by atoms with Crippen LogP contribution in [0.3, 0.4) is 0 Å². The molecule has 66 valence electrons. The number of benzene rings is 1. The van der Waals surface area contributed by atoms with Gasteiger partial charge in [0.15, 0.2) is 0 Å². The van der Waals surface area contributed by atoms with Crippen molar-refractivity contribution in [2.45, 2.75) is 0 Å². The smallest absolute Gasteiger partial charge is 0.292 e. The highest BCUT2D eigenvalue weighted by atomic mass is 35.5. The van der Waals surface area contributed by atoms with Crippen molar-refractivity contribution in [1.82, 2.24) is 4.98 Å². The molecule has 0 aliphatic heterocycles. The summed E-state index contributed by atoms with van der Waals surface area (Å²) < 4.78 is 17.6. The van der Waals surface area contributed by atoms with Gasteiger partial charge in [0.05, 0.1) is 0 Å². The third-order valence-electron chi connectivity index (χ3n) is 1.60. The highest BCUT2D eigenvalue weighted by molar-refractivity contribution is 6.27. The summed E-state index contributed by atoms with van der Waals surface area (Å²) in [5.41, 5.74) is 1.18. The second-order valence-corrected chi connectivity index (χ2v) is 2.82. The molecule has 13 heavy (non-hydrogen) atoms. The van der Waals surface area contributed by atoms with E-state index in [2.05, 4.69) is 4.98 Å². The molecule has 1 heterocycles. The fraction of sp³-hybridized carbons (Fsp3) is 0. The Morgan fingerprint density at radius 1 is 1.38 bits per heavy atom. The maximum atomic E-state index is 12.8. The Morgan fingerprint density at radius 3 is 2.85 bits per heavy atom. The van der Waals surface area contributed by atoms with E-state index in [4.69, 9.17) is 16.0 Å². The summed E-state index contributed by atoms with van der Waals surface area (Å²) in [5, 5.41) is 0.0549. The van der Waals surface area contributed by atoms with Crippen molar-refractivity contribution in [2.75, 3.05) is 0 Å². The summed E-state index contributed by atoms with van der Waals surface area (Å²) in [7, 11) is 0. The lowest BCUT2D eigenvalue weighted by Gasteiger charge is -1.93. The maximum Gasteiger partial charge on any atom is 0.292 e. The molecular weight excluding hydrogens is 193 g/mol. The number of hydrogen-bond donors (Lipinski definition) is 0. The summed E-state index contributed by atoms with van der Waals surface area (Å²) in [4.78, 5) is 3.85. The average Bonchev–Trinajstić information content (AvgIpc) is 2.52. The lowest BCUT2D eigenvalue weighted by Crippen LogP contribution is -1.78. The highest BCUT2D eigenvalue weighted by Crippen LogP contribution is 2.20. The molecule has 2 rings (SSSR count). The Hall–Kier alpha value is -1.35. The minimum absolute atomic E-state index is 0.0549. The number of aromatic nitrogens is 1. The topological polar surface area (TPSA) is 26.0 Å². The Kier molecular flexibility index (Phi) is 2.02. The number of halogens is 2. The summed E-state index contributed by atoms with van der Waals surface area (Å²) in [5.74, 6) is -0.309. The Morgan fingerprint density at radius 2 is 2.23 bits per heavy atom. The van der Waals surface area contributed by atoms with Crippen molar-refractivity contribution < 1.29 is 8.81 Å². The molecule has 0 bridgehead atoms. The van der Waals surface area contributed by atoms with Gasteiger partial charge in [-0.05, 0) is 23.7 Å². The van der Waals surface area contributed by atoms with E-state index >= 15 is 0 Å². The van der Waals surface area contributed by atoms with Crippen LogP contribution in [0.2, 0.25) is 5.35 Å². The van der Waals surface area contributed by atoms with E-state index in [9.17, 15) is 4.39 Å². The molecule has 0 saturated carbocycles. The summed E-state index contributed by atoms with van der Waals surface area (Å²) in [6.45, 7) is 0. The van der Waals surface area contributed by atoms with Gasteiger partial charge in [0.1, 0.15) is 17.8 Å². The molecule has 1 aromatic heterocycles. The van der Waals surface area contributed by atoms with E-state index in [1.807, 2.05) is 0 Å². The largest absolute Gasteiger partial charge is 0.436 e. The molecule has 0 amide bonds. The molecule has 0 atom stereocenters. The highest BCUT2D eigenvalue weighted by Gasteiger charge is 2.04. The summed E-state index contributed by atoms with van der Waals surface area (Å²) >= 11 is 5.48. The van der Waals surface area contributed by atoms with Crippen molar-refractivity contribution in [3.63, 3.8) is 0 Å². The Bertz CT molecular complexity index is 427. The van der Waals surface area contributed by atoms with Crippen molar-refractivity contribution in [2.24, 2.45) is 0 Å². The number of rotatable bonds is 1. The van der Waals surface area contributed by atoms with Gasteiger partial charge in [-0.15, -0.1) is 0 Å². The number of nitrogens with zero attached hydrogens (tertiary/aromatic N) is 1. The van der Waals surface area contributed by atoms with Gasteiger partial charge in [0, 0.05) is 5.56 Å². The van der Waals surface area contributed by atoms with Crippen LogP contribution in [0.15, 0.2) is 34.9 Å². The fourth-order valence-corrected chi connectivity index (χ4v) is 1.17. The van der Waals surface area contributed by atoms with Crippen molar-refractivity contribution >= 4 is 11.6 Å². The molecule has 0 radical (unpaired) electrons. The minimum Gasteiger partial charge on any atom is -0.436 e. The fourth-order valence-electron chi connectivity index (χ4n) is 1.03. The average molecular weight is 198 g/mol. The van der Waals surface area contributed by atoms with E-state index in [-0.39, 0.29) is 11.2 Å². The van der Waals surface area contributed by atoms with Gasteiger partial charge in [0.25, 0.3) is 5.35 Å². The van der Waals surface area contributed by atoms with Gasteiger partial charge in [-0.1, -0.05) is 12.1 Å². The third-order valence-corrected chi connectivity index (χ3v) is 1.77. The van der Waals surface area contributed by atoms with E-state index in [1.165, 1.54) is 18.4 Å². The first-order chi connectivity index (χ1) is 6.25. The van der Waals surface area contributed by atoms with Crippen LogP contribution < -0.4 is 0 Å². The summed E-state index contributed by atoms with van der Waals surface area (Å²) in [6.07, 6.45) is 1.39. The predicted octanol–water partition coefficient (Wildman–Crippen LogP) is 3.13. The monoisotopic (exact) mass is 197 g/mol. The predicted molar refractivity (Wildman–Crippen MR) is 46.9 cm³/mol. The van der Waals surface area contributed by atoms with Crippen LogP contribution in [-0.4, -0.2) is 4.98 Å². The Labute approximate surface area is 79.0 Å². The van der Waals surface area contributed by atoms with E-state index < -0.39 is 0 Å². The maximum absolute atomic E-state index is 12.8. The molecule has 0 spiro atoms. The standard InChI is InChI=1S/C9H5ClFNO/c10-9-12-8(5-13-9)6-2-1-3-7(11)4-6/h1-5H. The second kappa shape index (κ2) is 3.18. The molecular formula is C9H5ClFNO. The summed E-state index contributed by atoms with van der Waals surface area (Å²) in [6, 6.07) is 6.07. The van der Waals surface area contributed by atoms with Gasteiger partial charge in [-0.2, -0.15) is 4.98 Å². The lowest BCUT2D eigenvalue weighted by molar-refractivity contribution is 0.560. The van der Waals surface area contributed by atoms with Crippen molar-refractivity contribution in [3.8, 4) is 11.3 Å². The number of hydrogen-bond acceptors (Lipinski definition) is 2. The minimum atomic E-state index is -0.309. The van der Waals surface area contributed by atoms with Gasteiger partial charge in [-0.25, -0.2) is 4.39 Å². The molecule has 4 heteroatoms. The van der Waals surface area contributed by atoms with E-state index in [0.717, 1.165) is 0 Å². The van der Waals surface area contributed by atoms with Crippen LogP contribution in [0.1, 0.15) is 0 Å². The molecule has 0 aliphatic carbocycles. The van der Waals surface area contributed by atoms with Crippen LogP contribution in [0.5, 0.6) is 0 Å². The molecule has 2 nitrogen and oxygen atoms in total. The SMILES string of the molecule is Fc1cccc(-c2coc(Cl)n2)c1. The lowest BCUT2D eigenvalue weighted by atomic mass is 10.2. The van der Waals surface area contributed by atoms with E-state index in [0.29, 0.717) is 11.3 Å². The zero-order chi connectivity index (χ0) is 9.26. The number of oxazole rings is 1. The molecule has 0 unspecified atom stereocenters. The van der Waals surface area contributed by atoms with E-state index in [1.54, 1.807) is 12.1 Å². The van der Waals surface area contributed by atoms with Gasteiger partial charge < -0.3 is 4.42 Å². The molecule has 0 N–H and O–H groups in total. The third kappa shape index (κ3) is 1.70. The van der Waals surface area contributed by atoms with Gasteiger partial charge >= 0.3 is 0 Å². The van der Waals surface area contributed by atoms with Crippen LogP contribution >= 0.6 is 11.6 Å². The molecule has 2 aromatic rings. The normalized spacial score (nSPS) is 10.3. The first-order valence-electron chi connectivity index (χ1n) is 3.63. The zero-order valence-corrected chi connectivity index (χ0v) is 7.25. The zero-order valence-electron chi connectivity index (χ0n) is 6.50. The van der Waals surface area contributed by atoms with Crippen molar-refractivity contribution in [3.05, 3.63) is 41.7 Å². The van der Waals surface area contributed by atoms with Crippen LogP contribution in [-0.2, 0) is 0 Å². The quantitative estimate of drug-likeness (QED) is 0.702. The first kappa shape index (κ1) is 8.26. The van der Waals surface area contributed by atoms with Crippen LogP contribution in [0, 0.1) is 5.82 Å². The molecule has 0 saturated heterocycles. The van der Waals surface area contributed by atoms with Crippen molar-refractivity contribution in [1.29, 1.82) is 0 Å². The van der Waals surface area contributed by atoms with Crippen LogP contribution in [0.4, 0.5) is 4.39 Å². The molecule has 0 aliphatic rings. The van der Waals surface area contributed by atoms with Crippen LogP contribution in [0.25, 0.3) is 11.3 Å².